The molecule has 6 heteroatoms. The average molecular weight is 341 g/mol. The third kappa shape index (κ3) is 3.38. The predicted octanol–water partition coefficient (Wildman–Crippen LogP) is 3.68. The minimum Gasteiger partial charge on any atom is -0.490 e. The standard InChI is InChI=1S/C19H23N3O3/c1-13-20-18(21-25-13)17-10-5-11-22(17)19(23)14-6-4-9-16(12-14)24-15-7-2-3-8-15/h4,6,9,12,15,17H,2-3,5,7-8,10-11H2,1H3/t17-/m1/s1. The molecule has 2 fully saturated rings. The number of ether oxygens (including phenoxy) is 1. The summed E-state index contributed by atoms with van der Waals surface area (Å²) in [6.45, 7) is 2.48. The maximum absolute atomic E-state index is 13.0. The molecule has 0 spiro atoms. The molecule has 1 aliphatic carbocycles. The molecule has 25 heavy (non-hydrogen) atoms. The van der Waals surface area contributed by atoms with Crippen molar-refractivity contribution in [1.29, 1.82) is 0 Å². The van der Waals surface area contributed by atoms with Crippen LogP contribution >= 0.6 is 0 Å². The van der Waals surface area contributed by atoms with E-state index in [1.807, 2.05) is 29.2 Å². The van der Waals surface area contributed by atoms with Gasteiger partial charge in [0, 0.05) is 19.0 Å². The molecule has 6 nitrogen and oxygen atoms in total. The van der Waals surface area contributed by atoms with Crippen LogP contribution in [-0.4, -0.2) is 33.6 Å². The van der Waals surface area contributed by atoms with Crippen LogP contribution in [0.3, 0.4) is 0 Å². The molecule has 0 bridgehead atoms. The zero-order valence-corrected chi connectivity index (χ0v) is 14.5. The van der Waals surface area contributed by atoms with Crippen LogP contribution in [-0.2, 0) is 0 Å². The number of hydrogen-bond acceptors (Lipinski definition) is 5. The number of hydrogen-bond donors (Lipinski definition) is 0. The lowest BCUT2D eigenvalue weighted by atomic mass is 10.1. The fourth-order valence-electron chi connectivity index (χ4n) is 3.80. The van der Waals surface area contributed by atoms with Crippen LogP contribution in [0, 0.1) is 6.92 Å². The SMILES string of the molecule is Cc1nc([C@H]2CCCN2C(=O)c2cccc(OC3CCCC3)c2)no1. The molecule has 2 heterocycles. The largest absolute Gasteiger partial charge is 0.490 e. The van der Waals surface area contributed by atoms with Gasteiger partial charge in [-0.2, -0.15) is 4.98 Å². The number of aromatic nitrogens is 2. The van der Waals surface area contributed by atoms with Crippen molar-refractivity contribution in [2.24, 2.45) is 0 Å². The summed E-state index contributed by atoms with van der Waals surface area (Å²) in [7, 11) is 0. The highest BCUT2D eigenvalue weighted by Crippen LogP contribution is 2.32. The van der Waals surface area contributed by atoms with Crippen LogP contribution in [0.4, 0.5) is 0 Å². The van der Waals surface area contributed by atoms with E-state index in [-0.39, 0.29) is 18.1 Å². The maximum atomic E-state index is 13.0. The zero-order valence-electron chi connectivity index (χ0n) is 14.5. The fourth-order valence-corrected chi connectivity index (χ4v) is 3.80. The molecule has 1 atom stereocenters. The lowest BCUT2D eigenvalue weighted by molar-refractivity contribution is 0.0727. The second-order valence-electron chi connectivity index (χ2n) is 6.88. The van der Waals surface area contributed by atoms with Crippen LogP contribution in [0.25, 0.3) is 0 Å². The summed E-state index contributed by atoms with van der Waals surface area (Å²) in [6.07, 6.45) is 6.75. The average Bonchev–Trinajstić information content (AvgIpc) is 3.35. The number of aryl methyl sites for hydroxylation is 1. The smallest absolute Gasteiger partial charge is 0.254 e. The van der Waals surface area contributed by atoms with Crippen LogP contribution in [0.5, 0.6) is 5.75 Å². The molecule has 4 rings (SSSR count). The molecule has 1 aromatic heterocycles. The number of likely N-dealkylation sites (tertiary alicyclic amines) is 1. The van der Waals surface area contributed by atoms with Crippen LogP contribution in [0.15, 0.2) is 28.8 Å². The highest BCUT2D eigenvalue weighted by atomic mass is 16.5. The molecular weight excluding hydrogens is 318 g/mol. The van der Waals surface area contributed by atoms with Gasteiger partial charge in [-0.05, 0) is 56.7 Å². The Morgan fingerprint density at radius 3 is 2.84 bits per heavy atom. The van der Waals surface area contributed by atoms with Gasteiger partial charge in [-0.3, -0.25) is 4.79 Å². The summed E-state index contributed by atoms with van der Waals surface area (Å²) in [5, 5.41) is 4.01. The molecule has 1 aliphatic heterocycles. The molecule has 1 saturated heterocycles. The van der Waals surface area contributed by atoms with E-state index in [4.69, 9.17) is 9.26 Å². The molecule has 0 N–H and O–H groups in total. The second kappa shape index (κ2) is 6.86. The number of rotatable bonds is 4. The number of amides is 1. The van der Waals surface area contributed by atoms with Crippen LogP contribution in [0.2, 0.25) is 0 Å². The summed E-state index contributed by atoms with van der Waals surface area (Å²) < 4.78 is 11.1. The number of carbonyl (C=O) groups excluding carboxylic acids is 1. The van der Waals surface area contributed by atoms with E-state index in [9.17, 15) is 4.79 Å². The monoisotopic (exact) mass is 341 g/mol. The summed E-state index contributed by atoms with van der Waals surface area (Å²) in [5.41, 5.74) is 0.655. The third-order valence-corrected chi connectivity index (χ3v) is 5.04. The Bertz CT molecular complexity index is 752. The number of nitrogens with zero attached hydrogens (tertiary/aromatic N) is 3. The van der Waals surface area contributed by atoms with E-state index >= 15 is 0 Å². The Balaban J connectivity index is 1.51. The topological polar surface area (TPSA) is 68.5 Å². The Hall–Kier alpha value is -2.37. The van der Waals surface area contributed by atoms with Crippen molar-refractivity contribution >= 4 is 5.91 Å². The van der Waals surface area contributed by atoms with Gasteiger partial charge in [0.15, 0.2) is 5.82 Å². The van der Waals surface area contributed by atoms with Crippen molar-refractivity contribution in [2.45, 2.75) is 57.6 Å². The Kier molecular flexibility index (Phi) is 4.42. The Labute approximate surface area is 147 Å². The van der Waals surface area contributed by atoms with E-state index in [0.29, 0.717) is 23.8 Å². The summed E-state index contributed by atoms with van der Waals surface area (Å²) in [5.74, 6) is 1.91. The van der Waals surface area contributed by atoms with Crippen molar-refractivity contribution in [2.75, 3.05) is 6.54 Å². The first-order chi connectivity index (χ1) is 12.2. The molecule has 1 amide bonds. The minimum absolute atomic E-state index is 0.00169. The molecule has 1 saturated carbocycles. The van der Waals surface area contributed by atoms with Gasteiger partial charge in [0.2, 0.25) is 5.89 Å². The summed E-state index contributed by atoms with van der Waals surface area (Å²) in [6, 6.07) is 7.42. The highest BCUT2D eigenvalue weighted by Gasteiger charge is 2.33. The van der Waals surface area contributed by atoms with Gasteiger partial charge in [-0.25, -0.2) is 0 Å². The molecule has 1 aromatic carbocycles. The third-order valence-electron chi connectivity index (χ3n) is 5.04. The minimum atomic E-state index is -0.107. The van der Waals surface area contributed by atoms with E-state index in [2.05, 4.69) is 10.1 Å². The second-order valence-corrected chi connectivity index (χ2v) is 6.88. The molecule has 0 unspecified atom stereocenters. The number of carbonyl (C=O) groups is 1. The molecule has 0 radical (unpaired) electrons. The highest BCUT2D eigenvalue weighted by molar-refractivity contribution is 5.95. The van der Waals surface area contributed by atoms with Gasteiger partial charge in [0.05, 0.1) is 12.1 Å². The summed E-state index contributed by atoms with van der Waals surface area (Å²) >= 11 is 0. The molecule has 2 aromatic rings. The zero-order chi connectivity index (χ0) is 17.2. The van der Waals surface area contributed by atoms with Crippen LogP contribution in [0.1, 0.15) is 66.6 Å². The van der Waals surface area contributed by atoms with E-state index in [1.165, 1.54) is 12.8 Å². The molecule has 132 valence electrons. The van der Waals surface area contributed by atoms with Gasteiger partial charge in [-0.15, -0.1) is 0 Å². The van der Waals surface area contributed by atoms with Gasteiger partial charge < -0.3 is 14.2 Å². The first-order valence-corrected chi connectivity index (χ1v) is 9.08. The quantitative estimate of drug-likeness (QED) is 0.848. The van der Waals surface area contributed by atoms with Crippen molar-refractivity contribution < 1.29 is 14.1 Å². The van der Waals surface area contributed by atoms with Gasteiger partial charge >= 0.3 is 0 Å². The predicted molar refractivity (Wildman–Crippen MR) is 91.4 cm³/mol. The van der Waals surface area contributed by atoms with E-state index in [0.717, 1.165) is 31.4 Å². The van der Waals surface area contributed by atoms with Crippen molar-refractivity contribution in [1.82, 2.24) is 15.0 Å². The van der Waals surface area contributed by atoms with Crippen LogP contribution < -0.4 is 4.74 Å². The van der Waals surface area contributed by atoms with Gasteiger partial charge in [0.1, 0.15) is 5.75 Å². The van der Waals surface area contributed by atoms with E-state index in [1.54, 1.807) is 6.92 Å². The normalized spacial score (nSPS) is 21.0. The first kappa shape index (κ1) is 16.1. The number of benzene rings is 1. The molecular formula is C19H23N3O3. The van der Waals surface area contributed by atoms with Crippen molar-refractivity contribution in [3.8, 4) is 5.75 Å². The lowest BCUT2D eigenvalue weighted by Crippen LogP contribution is -2.31. The van der Waals surface area contributed by atoms with E-state index < -0.39 is 0 Å². The summed E-state index contributed by atoms with van der Waals surface area (Å²) in [4.78, 5) is 19.2. The fraction of sp³-hybridized carbons (Fsp3) is 0.526. The van der Waals surface area contributed by atoms with Gasteiger partial charge in [-0.1, -0.05) is 11.2 Å². The van der Waals surface area contributed by atoms with Crippen molar-refractivity contribution in [3.63, 3.8) is 0 Å². The van der Waals surface area contributed by atoms with Gasteiger partial charge in [0.25, 0.3) is 5.91 Å². The maximum Gasteiger partial charge on any atom is 0.254 e. The molecule has 2 aliphatic rings. The first-order valence-electron chi connectivity index (χ1n) is 9.08. The Morgan fingerprint density at radius 2 is 2.08 bits per heavy atom. The lowest BCUT2D eigenvalue weighted by Gasteiger charge is -2.22. The Morgan fingerprint density at radius 1 is 1.24 bits per heavy atom. The van der Waals surface area contributed by atoms with Crippen molar-refractivity contribution in [3.05, 3.63) is 41.5 Å².